The molecule has 0 atom stereocenters. The van der Waals surface area contributed by atoms with Gasteiger partial charge in [0.2, 0.25) is 0 Å². The van der Waals surface area contributed by atoms with Crippen molar-refractivity contribution < 1.29 is 0 Å². The molecule has 0 aliphatic carbocycles. The molecule has 0 aliphatic heterocycles. The molecule has 3 heterocycles. The van der Waals surface area contributed by atoms with Gasteiger partial charge in [-0.2, -0.15) is 0 Å². The van der Waals surface area contributed by atoms with Crippen molar-refractivity contribution in [3.8, 4) is 51.2 Å². The van der Waals surface area contributed by atoms with E-state index in [9.17, 15) is 0 Å². The number of rotatable bonds is 6. The Labute approximate surface area is 446 Å². The van der Waals surface area contributed by atoms with Crippen LogP contribution in [0.3, 0.4) is 0 Å². The van der Waals surface area contributed by atoms with Gasteiger partial charge in [0.25, 0.3) is 0 Å². The Hall–Kier alpha value is -7.05. The minimum Gasteiger partial charge on any atom is -0.292 e. The van der Waals surface area contributed by atoms with Crippen molar-refractivity contribution in [2.24, 2.45) is 0 Å². The minimum absolute atomic E-state index is 0.182. The number of fused-ring (bicyclic) bond motifs is 3. The maximum atomic E-state index is 5.72. The van der Waals surface area contributed by atoms with Gasteiger partial charge >= 0.3 is 0 Å². The van der Waals surface area contributed by atoms with E-state index in [0.29, 0.717) is 0 Å². The molecule has 0 unspecified atom stereocenters. The lowest BCUT2D eigenvalue weighted by Crippen LogP contribution is -2.22. The first-order valence-electron chi connectivity index (χ1n) is 27.1. The highest BCUT2D eigenvalue weighted by atomic mass is 15.1. The first-order valence-corrected chi connectivity index (χ1v) is 27.1. The Bertz CT molecular complexity index is 3320. The van der Waals surface area contributed by atoms with Gasteiger partial charge in [-0.05, 0) is 120 Å². The molecule has 0 N–H and O–H groups in total. The fraction of sp³-hybridized carbons (Fsp3) is 0.348. The van der Waals surface area contributed by atoms with E-state index < -0.39 is 0 Å². The Morgan fingerprint density at radius 3 is 0.653 bits per heavy atom. The summed E-state index contributed by atoms with van der Waals surface area (Å²) in [5.74, 6) is 2.59. The van der Waals surface area contributed by atoms with Gasteiger partial charge in [-0.25, -0.2) is 15.0 Å². The Kier molecular flexibility index (Phi) is 12.2. The van der Waals surface area contributed by atoms with Crippen LogP contribution in [-0.4, -0.2) is 28.7 Å². The average molecular weight is 991 g/mol. The molecule has 0 bridgehead atoms. The highest BCUT2D eigenvalue weighted by molar-refractivity contribution is 5.91. The summed E-state index contributed by atoms with van der Waals surface area (Å²) < 4.78 is 7.39. The van der Waals surface area contributed by atoms with Crippen molar-refractivity contribution >= 4 is 33.1 Å². The van der Waals surface area contributed by atoms with Gasteiger partial charge < -0.3 is 0 Å². The lowest BCUT2D eigenvalue weighted by atomic mass is 9.78. The highest BCUT2D eigenvalue weighted by Crippen LogP contribution is 2.47. The van der Waals surface area contributed by atoms with Crippen LogP contribution in [0.5, 0.6) is 0 Å². The zero-order chi connectivity index (χ0) is 53.9. The van der Waals surface area contributed by atoms with Gasteiger partial charge in [-0.3, -0.25) is 13.7 Å². The third-order valence-corrected chi connectivity index (χ3v) is 15.0. The van der Waals surface area contributed by atoms with E-state index in [1.54, 1.807) is 0 Å². The fourth-order valence-corrected chi connectivity index (χ4v) is 11.3. The van der Waals surface area contributed by atoms with Crippen LogP contribution in [0.25, 0.3) is 84.3 Å². The van der Waals surface area contributed by atoms with E-state index in [-0.39, 0.29) is 32.5 Å². The monoisotopic (exact) mass is 991 g/mol. The summed E-state index contributed by atoms with van der Waals surface area (Å²) in [7, 11) is 0. The summed E-state index contributed by atoms with van der Waals surface area (Å²) in [6.07, 6.45) is 0. The van der Waals surface area contributed by atoms with Crippen molar-refractivity contribution in [2.45, 2.75) is 157 Å². The zero-order valence-electron chi connectivity index (χ0n) is 48.0. The fourth-order valence-electron chi connectivity index (χ4n) is 11.3. The van der Waals surface area contributed by atoms with Crippen molar-refractivity contribution in [2.75, 3.05) is 0 Å². The molecule has 0 spiro atoms. The molecule has 0 amide bonds. The van der Waals surface area contributed by atoms with E-state index in [4.69, 9.17) is 15.0 Å². The number of benzene rings is 7. The standard InChI is InChI=1S/C69H78N6/c1-64(2,3)46-28-25-29-47(65(4,5)6)58(46)73-55-37-22-19-34-52(55)70-61(73)43-40-44(62-71-53-35-20-23-38-56(53)74(62)59-48(66(7,8)9)30-26-31-49(59)67(10,11)12)42-45(41-43)63-72-54-36-21-24-39-57(54)75(63)60-50(68(13,14)15)32-27-33-51(60)69(16,17)18/h19-42H,1-18H3. The quantitative estimate of drug-likeness (QED) is 0.167. The van der Waals surface area contributed by atoms with Gasteiger partial charge in [0, 0.05) is 16.7 Å². The highest BCUT2D eigenvalue weighted by Gasteiger charge is 2.34. The second kappa shape index (κ2) is 17.8. The van der Waals surface area contributed by atoms with Gasteiger partial charge in [0.15, 0.2) is 0 Å². The second-order valence-corrected chi connectivity index (χ2v) is 27.2. The molecule has 6 nitrogen and oxygen atoms in total. The van der Waals surface area contributed by atoms with Gasteiger partial charge in [0.05, 0.1) is 50.2 Å². The molecule has 0 saturated heterocycles. The van der Waals surface area contributed by atoms with Crippen LogP contribution in [-0.2, 0) is 32.5 Å². The number of hydrogen-bond donors (Lipinski definition) is 0. The molecular weight excluding hydrogens is 913 g/mol. The summed E-state index contributed by atoms with van der Waals surface area (Å²) in [5, 5.41) is 0. The molecule has 0 fully saturated rings. The minimum atomic E-state index is -0.182. The molecule has 0 aliphatic rings. The van der Waals surface area contributed by atoms with Crippen molar-refractivity contribution in [1.82, 2.24) is 28.7 Å². The molecule has 10 rings (SSSR count). The summed E-state index contributed by atoms with van der Waals surface area (Å²) in [6, 6.07) is 53.6. The largest absolute Gasteiger partial charge is 0.292 e. The molecule has 7 aromatic carbocycles. The van der Waals surface area contributed by atoms with Crippen LogP contribution in [0, 0.1) is 0 Å². The van der Waals surface area contributed by atoms with E-state index in [1.807, 2.05) is 0 Å². The summed E-state index contributed by atoms with van der Waals surface area (Å²) >= 11 is 0. The van der Waals surface area contributed by atoms with Crippen molar-refractivity contribution in [1.29, 1.82) is 0 Å². The Balaban J connectivity index is 1.42. The molecule has 10 aromatic rings. The normalized spacial score (nSPS) is 13.2. The van der Waals surface area contributed by atoms with Gasteiger partial charge in [-0.1, -0.05) is 216 Å². The number of hydrogen-bond acceptors (Lipinski definition) is 3. The Morgan fingerprint density at radius 2 is 0.453 bits per heavy atom. The smallest absolute Gasteiger partial charge is 0.145 e. The third-order valence-electron chi connectivity index (χ3n) is 15.0. The topological polar surface area (TPSA) is 53.5 Å². The summed E-state index contributed by atoms with van der Waals surface area (Å²) in [5.41, 5.74) is 18.9. The first kappa shape index (κ1) is 51.4. The molecule has 75 heavy (non-hydrogen) atoms. The van der Waals surface area contributed by atoms with E-state index >= 15 is 0 Å². The number of aromatic nitrogens is 6. The zero-order valence-corrected chi connectivity index (χ0v) is 48.0. The van der Waals surface area contributed by atoms with Crippen LogP contribution in [0.1, 0.15) is 158 Å². The van der Waals surface area contributed by atoms with E-state index in [2.05, 4.69) is 284 Å². The molecule has 3 aromatic heterocycles. The van der Waals surface area contributed by atoms with E-state index in [1.165, 1.54) is 50.4 Å². The molecule has 0 saturated carbocycles. The molecule has 384 valence electrons. The van der Waals surface area contributed by atoms with Crippen LogP contribution >= 0.6 is 0 Å². The molecular formula is C69H78N6. The Morgan fingerprint density at radius 1 is 0.253 bits per heavy atom. The maximum absolute atomic E-state index is 5.72. The van der Waals surface area contributed by atoms with Crippen molar-refractivity contribution in [3.63, 3.8) is 0 Å². The van der Waals surface area contributed by atoms with Crippen LogP contribution in [0.15, 0.2) is 146 Å². The average Bonchev–Trinajstić information content (AvgIpc) is 4.04. The van der Waals surface area contributed by atoms with Crippen LogP contribution < -0.4 is 0 Å². The number of imidazole rings is 3. The predicted octanol–water partition coefficient (Wildman–Crippen LogP) is 18.5. The summed E-state index contributed by atoms with van der Waals surface area (Å²) in [6.45, 7) is 41.9. The van der Waals surface area contributed by atoms with Gasteiger partial charge in [-0.15, -0.1) is 0 Å². The lowest BCUT2D eigenvalue weighted by molar-refractivity contribution is 0.562. The maximum Gasteiger partial charge on any atom is 0.145 e. The lowest BCUT2D eigenvalue weighted by Gasteiger charge is -2.32. The van der Waals surface area contributed by atoms with Crippen LogP contribution in [0.2, 0.25) is 0 Å². The second-order valence-electron chi connectivity index (χ2n) is 27.2. The van der Waals surface area contributed by atoms with Crippen molar-refractivity contribution in [3.05, 3.63) is 179 Å². The molecule has 0 radical (unpaired) electrons. The number of nitrogens with zero attached hydrogens (tertiary/aromatic N) is 6. The number of para-hydroxylation sites is 9. The third kappa shape index (κ3) is 9.12. The predicted molar refractivity (Wildman–Crippen MR) is 319 cm³/mol. The molecule has 6 heteroatoms. The summed E-state index contributed by atoms with van der Waals surface area (Å²) in [4.78, 5) is 17.1. The van der Waals surface area contributed by atoms with Crippen LogP contribution in [0.4, 0.5) is 0 Å². The van der Waals surface area contributed by atoms with Gasteiger partial charge in [0.1, 0.15) is 17.5 Å². The van der Waals surface area contributed by atoms with E-state index in [0.717, 1.165) is 67.3 Å². The SMILES string of the molecule is CC(C)(C)c1cccc(C(C)(C)C)c1-n1c(-c2cc(-c3nc4ccccc4n3-c3c(C(C)(C)C)cccc3C(C)(C)C)cc(-c3nc4ccccc4n3-c3c(C(C)(C)C)cccc3C(C)(C)C)c2)nc2ccccc21. The first-order chi connectivity index (χ1) is 35.0.